The van der Waals surface area contributed by atoms with E-state index in [4.69, 9.17) is 27.4 Å². The van der Waals surface area contributed by atoms with Crippen LogP contribution in [-0.2, 0) is 20.0 Å². The number of nitrogen functional groups attached to an aromatic ring is 1. The summed E-state index contributed by atoms with van der Waals surface area (Å²) in [5.74, 6) is -3.19. The SMILES string of the molecule is CC(C)C(=O)OC[C@]1(F)CC[C@](C#N)(n2cnc3c(=S)nc(N)[nH]c32)O1. The van der Waals surface area contributed by atoms with Gasteiger partial charge in [-0.25, -0.2) is 14.4 Å². The molecule has 2 atom stereocenters. The third kappa shape index (κ3) is 3.02. The molecule has 9 nitrogen and oxygen atoms in total. The van der Waals surface area contributed by atoms with Gasteiger partial charge in [0.25, 0.3) is 0 Å². The average Bonchev–Trinajstić information content (AvgIpc) is 3.15. The number of anilines is 1. The molecule has 1 aliphatic rings. The van der Waals surface area contributed by atoms with Gasteiger partial charge >= 0.3 is 5.97 Å². The van der Waals surface area contributed by atoms with Crippen molar-refractivity contribution in [2.45, 2.75) is 38.3 Å². The number of imidazole rings is 1. The zero-order valence-corrected chi connectivity index (χ0v) is 15.0. The number of aromatic amines is 1. The maximum atomic E-state index is 15.0. The summed E-state index contributed by atoms with van der Waals surface area (Å²) in [4.78, 5) is 22.4. The van der Waals surface area contributed by atoms with Crippen LogP contribution in [0.2, 0.25) is 0 Å². The molecule has 0 aromatic carbocycles. The number of carbonyl (C=O) groups excluding carboxylic acids is 1. The van der Waals surface area contributed by atoms with E-state index in [0.717, 1.165) is 0 Å². The van der Waals surface area contributed by atoms with Gasteiger partial charge in [-0.3, -0.25) is 9.36 Å². The Morgan fingerprint density at radius 3 is 3.04 bits per heavy atom. The van der Waals surface area contributed by atoms with Crippen molar-refractivity contribution in [2.75, 3.05) is 12.3 Å². The highest BCUT2D eigenvalue weighted by Crippen LogP contribution is 2.43. The Bertz CT molecular complexity index is 966. The van der Waals surface area contributed by atoms with Crippen molar-refractivity contribution in [3.05, 3.63) is 11.0 Å². The summed E-state index contributed by atoms with van der Waals surface area (Å²) < 4.78 is 26.9. The van der Waals surface area contributed by atoms with Gasteiger partial charge in [0.05, 0.1) is 5.92 Å². The summed E-state index contributed by atoms with van der Waals surface area (Å²) in [6, 6.07) is 1.98. The number of hydrogen-bond acceptors (Lipinski definition) is 8. The first-order valence-electron chi connectivity index (χ1n) is 7.90. The molecule has 1 aliphatic heterocycles. The van der Waals surface area contributed by atoms with Crippen LogP contribution in [-0.4, -0.2) is 38.0 Å². The van der Waals surface area contributed by atoms with E-state index < -0.39 is 30.1 Å². The molecule has 0 radical (unpaired) electrons. The molecule has 3 rings (SSSR count). The molecule has 2 aromatic rings. The van der Waals surface area contributed by atoms with Gasteiger partial charge in [0, 0.05) is 12.8 Å². The van der Waals surface area contributed by atoms with Crippen molar-refractivity contribution in [1.29, 1.82) is 5.26 Å². The lowest BCUT2D eigenvalue weighted by Gasteiger charge is -2.26. The third-order valence-corrected chi connectivity index (χ3v) is 4.38. The van der Waals surface area contributed by atoms with Gasteiger partial charge in [-0.15, -0.1) is 0 Å². The predicted octanol–water partition coefficient (Wildman–Crippen LogP) is 1.92. The zero-order valence-electron chi connectivity index (χ0n) is 14.2. The quantitative estimate of drug-likeness (QED) is 0.607. The van der Waals surface area contributed by atoms with Crippen molar-refractivity contribution in [2.24, 2.45) is 5.92 Å². The van der Waals surface area contributed by atoms with Gasteiger partial charge < -0.3 is 20.2 Å². The Labute approximate surface area is 152 Å². The average molecular weight is 380 g/mol. The van der Waals surface area contributed by atoms with E-state index in [1.165, 1.54) is 10.9 Å². The number of ether oxygens (including phenoxy) is 2. The van der Waals surface area contributed by atoms with Crippen LogP contribution in [0.25, 0.3) is 11.2 Å². The lowest BCUT2D eigenvalue weighted by atomic mass is 10.1. The number of nitriles is 1. The molecule has 0 spiro atoms. The second-order valence-corrected chi connectivity index (χ2v) is 6.77. The number of fused-ring (bicyclic) bond motifs is 1. The lowest BCUT2D eigenvalue weighted by Crippen LogP contribution is -2.38. The zero-order chi connectivity index (χ0) is 19.1. The van der Waals surface area contributed by atoms with E-state index in [1.807, 2.05) is 6.07 Å². The number of nitrogens with zero attached hydrogens (tertiary/aromatic N) is 4. The smallest absolute Gasteiger partial charge is 0.308 e. The minimum Gasteiger partial charge on any atom is -0.459 e. The predicted molar refractivity (Wildman–Crippen MR) is 90.7 cm³/mol. The first-order chi connectivity index (χ1) is 12.2. The minimum absolute atomic E-state index is 0.0213. The fraction of sp³-hybridized carbons (Fsp3) is 0.533. The molecule has 0 saturated carbocycles. The molecule has 3 N–H and O–H groups in total. The van der Waals surface area contributed by atoms with Gasteiger partial charge in [-0.1, -0.05) is 26.1 Å². The first kappa shape index (κ1) is 18.2. The summed E-state index contributed by atoms with van der Waals surface area (Å²) >= 11 is 5.10. The second-order valence-electron chi connectivity index (χ2n) is 6.38. The highest BCUT2D eigenvalue weighted by atomic mass is 32.1. The van der Waals surface area contributed by atoms with E-state index in [-0.39, 0.29) is 23.4 Å². The highest BCUT2D eigenvalue weighted by Gasteiger charge is 2.53. The largest absolute Gasteiger partial charge is 0.459 e. The Morgan fingerprint density at radius 2 is 2.38 bits per heavy atom. The number of esters is 1. The maximum absolute atomic E-state index is 15.0. The van der Waals surface area contributed by atoms with Crippen LogP contribution >= 0.6 is 12.2 Å². The Hall–Kier alpha value is -2.58. The van der Waals surface area contributed by atoms with Crippen molar-refractivity contribution in [1.82, 2.24) is 19.5 Å². The molecule has 0 unspecified atom stereocenters. The molecular weight excluding hydrogens is 363 g/mol. The van der Waals surface area contributed by atoms with Gasteiger partial charge in [-0.2, -0.15) is 5.26 Å². The first-order valence-corrected chi connectivity index (χ1v) is 8.31. The van der Waals surface area contributed by atoms with Crippen LogP contribution < -0.4 is 5.73 Å². The van der Waals surface area contributed by atoms with Crippen LogP contribution in [0.3, 0.4) is 0 Å². The van der Waals surface area contributed by atoms with E-state index in [2.05, 4.69) is 15.0 Å². The van der Waals surface area contributed by atoms with E-state index in [9.17, 15) is 10.1 Å². The summed E-state index contributed by atoms with van der Waals surface area (Å²) in [5, 5.41) is 9.70. The van der Waals surface area contributed by atoms with Crippen LogP contribution in [0, 0.1) is 21.9 Å². The normalized spacial score (nSPS) is 25.5. The van der Waals surface area contributed by atoms with Crippen LogP contribution in [0.4, 0.5) is 10.3 Å². The number of hydrogen-bond donors (Lipinski definition) is 2. The number of nitrogens with two attached hydrogens (primary N) is 1. The number of aromatic nitrogens is 4. The van der Waals surface area contributed by atoms with Gasteiger partial charge in [0.2, 0.25) is 11.6 Å². The molecule has 0 amide bonds. The number of alkyl halides is 1. The number of rotatable bonds is 4. The van der Waals surface area contributed by atoms with Gasteiger partial charge in [-0.05, 0) is 0 Å². The van der Waals surface area contributed by atoms with E-state index >= 15 is 4.39 Å². The lowest BCUT2D eigenvalue weighted by molar-refractivity contribution is -0.212. The molecule has 26 heavy (non-hydrogen) atoms. The number of H-pyrrole nitrogens is 1. The summed E-state index contributed by atoms with van der Waals surface area (Å²) in [7, 11) is 0. The van der Waals surface area contributed by atoms with E-state index in [1.54, 1.807) is 13.8 Å². The Morgan fingerprint density at radius 1 is 1.65 bits per heavy atom. The molecular formula is C15H17FN6O3S. The van der Waals surface area contributed by atoms with Crippen molar-refractivity contribution in [3.63, 3.8) is 0 Å². The van der Waals surface area contributed by atoms with Crippen LogP contribution in [0.5, 0.6) is 0 Å². The molecule has 138 valence electrons. The van der Waals surface area contributed by atoms with Crippen LogP contribution in [0.1, 0.15) is 26.7 Å². The fourth-order valence-electron chi connectivity index (χ4n) is 2.72. The molecule has 2 aromatic heterocycles. The highest BCUT2D eigenvalue weighted by molar-refractivity contribution is 7.71. The third-order valence-electron chi connectivity index (χ3n) is 4.09. The molecule has 3 heterocycles. The number of halogens is 1. The minimum atomic E-state index is -2.29. The summed E-state index contributed by atoms with van der Waals surface area (Å²) in [6.45, 7) is 2.68. The topological polar surface area (TPSA) is 132 Å². The Balaban J connectivity index is 1.93. The second kappa shape index (κ2) is 6.30. The van der Waals surface area contributed by atoms with Gasteiger partial charge in [0.1, 0.15) is 23.6 Å². The van der Waals surface area contributed by atoms with Crippen molar-refractivity contribution < 1.29 is 18.7 Å². The van der Waals surface area contributed by atoms with E-state index in [0.29, 0.717) is 11.2 Å². The number of nitrogens with one attached hydrogen (secondary N) is 1. The van der Waals surface area contributed by atoms with Gasteiger partial charge in [0.15, 0.2) is 17.2 Å². The van der Waals surface area contributed by atoms with Crippen molar-refractivity contribution >= 4 is 35.3 Å². The molecule has 1 saturated heterocycles. The fourth-order valence-corrected chi connectivity index (χ4v) is 2.97. The molecule has 0 aliphatic carbocycles. The molecule has 1 fully saturated rings. The monoisotopic (exact) mass is 380 g/mol. The van der Waals surface area contributed by atoms with Crippen LogP contribution in [0.15, 0.2) is 6.33 Å². The number of carbonyl (C=O) groups is 1. The van der Waals surface area contributed by atoms with Crippen molar-refractivity contribution in [3.8, 4) is 6.07 Å². The Kier molecular flexibility index (Phi) is 4.41. The summed E-state index contributed by atoms with van der Waals surface area (Å²) in [6.07, 6.45) is 1.20. The standard InChI is InChI=1S/C15H17FN6O3S/c1-8(2)12(23)24-6-14(16)3-4-15(5-17,25-14)22-7-19-9-10(22)20-13(18)21-11(9)26/h7-8H,3-4,6H2,1-2H3,(H3,18,20,21,26)/t14-,15-/m0/s1. The summed E-state index contributed by atoms with van der Waals surface area (Å²) in [5.41, 5.74) is 4.60. The maximum Gasteiger partial charge on any atom is 0.308 e. The molecule has 0 bridgehead atoms. The molecule has 11 heteroatoms.